The zero-order valence-electron chi connectivity index (χ0n) is 16.4. The van der Waals surface area contributed by atoms with Crippen molar-refractivity contribution in [3.8, 4) is 0 Å². The number of rotatable bonds is 6. The molecule has 2 heterocycles. The number of anilines is 1. The van der Waals surface area contributed by atoms with E-state index >= 15 is 0 Å². The third-order valence-electron chi connectivity index (χ3n) is 4.92. The summed E-state index contributed by atoms with van der Waals surface area (Å²) in [6, 6.07) is 5.98. The molecule has 28 heavy (non-hydrogen) atoms. The molecule has 0 spiro atoms. The van der Waals surface area contributed by atoms with E-state index in [0.717, 1.165) is 25.7 Å². The van der Waals surface area contributed by atoms with E-state index < -0.39 is 15.9 Å². The highest BCUT2D eigenvalue weighted by Crippen LogP contribution is 2.27. The minimum atomic E-state index is -3.57. The maximum atomic E-state index is 13.0. The largest absolute Gasteiger partial charge is 0.408 e. The van der Waals surface area contributed by atoms with Gasteiger partial charge in [-0.25, -0.2) is 8.42 Å². The molecular formula is C19H26N4O4S. The molecule has 1 aliphatic rings. The highest BCUT2D eigenvalue weighted by atomic mass is 32.2. The molecule has 3 rings (SSSR count). The molecule has 1 N–H and O–H groups in total. The van der Waals surface area contributed by atoms with Gasteiger partial charge in [0.1, 0.15) is 0 Å². The summed E-state index contributed by atoms with van der Waals surface area (Å²) in [6.07, 6.45) is 3.61. The fraction of sp³-hybridized carbons (Fsp3) is 0.526. The normalized spacial score (nSPS) is 18.4. The minimum absolute atomic E-state index is 0.0181. The number of carbonyl (C=O) groups excluding carboxylic acids is 1. The SMILES string of the molecule is CCC1CCCCN1S(=O)(=O)c1ccc(C(=O)Nc2nnc(C(C)C)o2)cc1. The number of hydrogen-bond donors (Lipinski definition) is 1. The van der Waals surface area contributed by atoms with Crippen molar-refractivity contribution in [2.24, 2.45) is 0 Å². The summed E-state index contributed by atoms with van der Waals surface area (Å²) in [4.78, 5) is 12.6. The Morgan fingerprint density at radius 3 is 2.57 bits per heavy atom. The van der Waals surface area contributed by atoms with Gasteiger partial charge in [0.15, 0.2) is 0 Å². The van der Waals surface area contributed by atoms with Gasteiger partial charge in [-0.15, -0.1) is 5.10 Å². The average Bonchev–Trinajstić information content (AvgIpc) is 3.17. The van der Waals surface area contributed by atoms with Gasteiger partial charge in [0.25, 0.3) is 5.91 Å². The van der Waals surface area contributed by atoms with Crippen LogP contribution in [-0.2, 0) is 10.0 Å². The van der Waals surface area contributed by atoms with E-state index in [1.54, 1.807) is 4.31 Å². The second-order valence-corrected chi connectivity index (χ2v) is 9.14. The van der Waals surface area contributed by atoms with Crippen LogP contribution < -0.4 is 5.32 Å². The van der Waals surface area contributed by atoms with Crippen LogP contribution >= 0.6 is 0 Å². The van der Waals surface area contributed by atoms with Gasteiger partial charge in [0.05, 0.1) is 4.90 Å². The molecule has 0 bridgehead atoms. The van der Waals surface area contributed by atoms with Crippen molar-refractivity contribution >= 4 is 21.9 Å². The standard InChI is InChI=1S/C19H26N4O4S/c1-4-15-7-5-6-12-23(15)28(25,26)16-10-8-14(9-11-16)17(24)20-19-22-21-18(27-19)13(2)3/h8-11,13,15H,4-7,12H2,1-3H3,(H,20,22,24). The summed E-state index contributed by atoms with van der Waals surface area (Å²) in [5, 5.41) is 10.2. The van der Waals surface area contributed by atoms with Crippen LogP contribution in [0.1, 0.15) is 68.6 Å². The first-order chi connectivity index (χ1) is 13.3. The molecule has 1 fully saturated rings. The van der Waals surface area contributed by atoms with Gasteiger partial charge in [-0.3, -0.25) is 10.1 Å². The van der Waals surface area contributed by atoms with Gasteiger partial charge in [0, 0.05) is 24.1 Å². The Morgan fingerprint density at radius 1 is 1.25 bits per heavy atom. The van der Waals surface area contributed by atoms with Gasteiger partial charge in [0.2, 0.25) is 15.9 Å². The topological polar surface area (TPSA) is 105 Å². The Bertz CT molecular complexity index is 922. The second kappa shape index (κ2) is 8.40. The van der Waals surface area contributed by atoms with E-state index in [2.05, 4.69) is 15.5 Å². The number of sulfonamides is 1. The lowest BCUT2D eigenvalue weighted by Crippen LogP contribution is -2.43. The first-order valence-electron chi connectivity index (χ1n) is 9.59. The Balaban J connectivity index is 1.74. The van der Waals surface area contributed by atoms with Crippen LogP contribution in [0, 0.1) is 0 Å². The molecule has 1 amide bonds. The summed E-state index contributed by atoms with van der Waals surface area (Å²) < 4.78 is 32.9. The number of benzene rings is 1. The molecule has 0 saturated carbocycles. The zero-order chi connectivity index (χ0) is 20.3. The lowest BCUT2D eigenvalue weighted by atomic mass is 10.0. The Kier molecular flexibility index (Phi) is 6.14. The van der Waals surface area contributed by atoms with Crippen LogP contribution in [-0.4, -0.2) is 41.4 Å². The van der Waals surface area contributed by atoms with E-state index in [1.807, 2.05) is 20.8 Å². The molecule has 8 nitrogen and oxygen atoms in total. The number of aromatic nitrogens is 2. The summed E-state index contributed by atoms with van der Waals surface area (Å²) in [7, 11) is -3.57. The minimum Gasteiger partial charge on any atom is -0.408 e. The first-order valence-corrected chi connectivity index (χ1v) is 11.0. The Hall–Kier alpha value is -2.26. The number of carbonyl (C=O) groups is 1. The summed E-state index contributed by atoms with van der Waals surface area (Å²) in [5.74, 6) is 0.0560. The van der Waals surface area contributed by atoms with Crippen molar-refractivity contribution in [2.45, 2.75) is 63.3 Å². The lowest BCUT2D eigenvalue weighted by Gasteiger charge is -2.34. The first kappa shape index (κ1) is 20.5. The van der Waals surface area contributed by atoms with Crippen LogP contribution in [0.5, 0.6) is 0 Å². The van der Waals surface area contributed by atoms with Crippen LogP contribution in [0.3, 0.4) is 0 Å². The summed E-state index contributed by atoms with van der Waals surface area (Å²) in [6.45, 7) is 6.36. The lowest BCUT2D eigenvalue weighted by molar-refractivity contribution is 0.102. The van der Waals surface area contributed by atoms with E-state index in [9.17, 15) is 13.2 Å². The third kappa shape index (κ3) is 4.25. The number of hydrogen-bond acceptors (Lipinski definition) is 6. The van der Waals surface area contributed by atoms with Gasteiger partial charge >= 0.3 is 6.01 Å². The molecule has 1 atom stereocenters. The number of piperidine rings is 1. The van der Waals surface area contributed by atoms with Crippen LogP contribution in [0.25, 0.3) is 0 Å². The molecule has 1 saturated heterocycles. The van der Waals surface area contributed by atoms with E-state index in [4.69, 9.17) is 4.42 Å². The fourth-order valence-corrected chi connectivity index (χ4v) is 5.07. The van der Waals surface area contributed by atoms with Crippen molar-refractivity contribution in [3.05, 3.63) is 35.7 Å². The van der Waals surface area contributed by atoms with Gasteiger partial charge in [-0.1, -0.05) is 32.3 Å². The molecule has 9 heteroatoms. The zero-order valence-corrected chi connectivity index (χ0v) is 17.2. The van der Waals surface area contributed by atoms with Crippen molar-refractivity contribution < 1.29 is 17.6 Å². The third-order valence-corrected chi connectivity index (χ3v) is 6.89. The quantitative estimate of drug-likeness (QED) is 0.788. The molecule has 0 radical (unpaired) electrons. The predicted molar refractivity (Wildman–Crippen MR) is 105 cm³/mol. The van der Waals surface area contributed by atoms with E-state index in [0.29, 0.717) is 18.0 Å². The van der Waals surface area contributed by atoms with Crippen molar-refractivity contribution in [2.75, 3.05) is 11.9 Å². The fourth-order valence-electron chi connectivity index (χ4n) is 3.30. The average molecular weight is 407 g/mol. The van der Waals surface area contributed by atoms with Crippen LogP contribution in [0.4, 0.5) is 6.01 Å². The van der Waals surface area contributed by atoms with E-state index in [1.165, 1.54) is 24.3 Å². The monoisotopic (exact) mass is 406 g/mol. The maximum Gasteiger partial charge on any atom is 0.322 e. The molecule has 1 unspecified atom stereocenters. The van der Waals surface area contributed by atoms with E-state index in [-0.39, 0.29) is 22.9 Å². The predicted octanol–water partition coefficient (Wildman–Crippen LogP) is 3.40. The van der Waals surface area contributed by atoms with Gasteiger partial charge in [-0.05, 0) is 43.5 Å². The molecular weight excluding hydrogens is 380 g/mol. The maximum absolute atomic E-state index is 13.0. The second-order valence-electron chi connectivity index (χ2n) is 7.25. The highest BCUT2D eigenvalue weighted by molar-refractivity contribution is 7.89. The number of nitrogens with zero attached hydrogens (tertiary/aromatic N) is 3. The van der Waals surface area contributed by atoms with Crippen LogP contribution in [0.15, 0.2) is 33.6 Å². The molecule has 2 aromatic rings. The highest BCUT2D eigenvalue weighted by Gasteiger charge is 2.32. The van der Waals surface area contributed by atoms with Crippen molar-refractivity contribution in [1.29, 1.82) is 0 Å². The Labute approximate surface area is 165 Å². The molecule has 1 aromatic heterocycles. The number of nitrogens with one attached hydrogen (secondary N) is 1. The van der Waals surface area contributed by atoms with Crippen molar-refractivity contribution in [3.63, 3.8) is 0 Å². The van der Waals surface area contributed by atoms with Crippen molar-refractivity contribution in [1.82, 2.24) is 14.5 Å². The smallest absolute Gasteiger partial charge is 0.322 e. The molecule has 152 valence electrons. The number of amides is 1. The molecule has 0 aliphatic carbocycles. The van der Waals surface area contributed by atoms with Crippen LogP contribution in [0.2, 0.25) is 0 Å². The molecule has 1 aliphatic heterocycles. The van der Waals surface area contributed by atoms with Gasteiger partial charge in [-0.2, -0.15) is 4.31 Å². The molecule has 1 aromatic carbocycles. The summed E-state index contributed by atoms with van der Waals surface area (Å²) >= 11 is 0. The van der Waals surface area contributed by atoms with Gasteiger partial charge < -0.3 is 4.42 Å². The Morgan fingerprint density at radius 2 is 1.96 bits per heavy atom. The summed E-state index contributed by atoms with van der Waals surface area (Å²) in [5.41, 5.74) is 0.314.